The summed E-state index contributed by atoms with van der Waals surface area (Å²) in [4.78, 5) is 15.2. The Morgan fingerprint density at radius 1 is 1.13 bits per heavy atom. The Morgan fingerprint density at radius 3 is 2.50 bits per heavy atom. The van der Waals surface area contributed by atoms with Gasteiger partial charge in [-0.25, -0.2) is 13.1 Å². The Morgan fingerprint density at radius 2 is 1.83 bits per heavy atom. The van der Waals surface area contributed by atoms with Gasteiger partial charge in [0.2, 0.25) is 10.0 Å². The average molecular weight is 448 g/mol. The maximum Gasteiger partial charge on any atom is 0.255 e. The molecular weight excluding hydrogens is 418 g/mol. The van der Waals surface area contributed by atoms with Crippen LogP contribution in [0.15, 0.2) is 53.4 Å². The Balaban J connectivity index is 1.64. The molecule has 1 saturated heterocycles. The quantitative estimate of drug-likeness (QED) is 0.647. The van der Waals surface area contributed by atoms with Crippen molar-refractivity contribution < 1.29 is 13.2 Å². The van der Waals surface area contributed by atoms with Gasteiger partial charge in [0.1, 0.15) is 0 Å². The number of hydrogen-bond donors (Lipinski definition) is 2. The first kappa shape index (κ1) is 22.8. The van der Waals surface area contributed by atoms with E-state index in [1.54, 1.807) is 0 Å². The topological polar surface area (TPSA) is 78.5 Å². The minimum atomic E-state index is -3.58. The highest BCUT2D eigenvalue weighted by Crippen LogP contribution is 2.18. The Labute approximate surface area is 183 Å². The molecule has 162 valence electrons. The number of nitrogens with one attached hydrogen (secondary N) is 2. The van der Waals surface area contributed by atoms with Crippen LogP contribution in [0.5, 0.6) is 0 Å². The lowest BCUT2D eigenvalue weighted by Gasteiger charge is -2.26. The lowest BCUT2D eigenvalue weighted by molar-refractivity contribution is 0.102. The number of hydrogen-bond acceptors (Lipinski definition) is 5. The Bertz CT molecular complexity index is 956. The van der Waals surface area contributed by atoms with Crippen LogP contribution in [0.2, 0.25) is 0 Å². The van der Waals surface area contributed by atoms with Crippen molar-refractivity contribution in [1.29, 1.82) is 0 Å². The summed E-state index contributed by atoms with van der Waals surface area (Å²) in [7, 11) is -3.58. The summed E-state index contributed by atoms with van der Waals surface area (Å²) in [5.74, 6) is 2.06. The van der Waals surface area contributed by atoms with Crippen molar-refractivity contribution in [3.63, 3.8) is 0 Å². The molecule has 0 spiro atoms. The summed E-state index contributed by atoms with van der Waals surface area (Å²) >= 11 is 1.98. The summed E-state index contributed by atoms with van der Waals surface area (Å²) in [6.07, 6.45) is 0.704. The van der Waals surface area contributed by atoms with E-state index in [1.807, 2.05) is 43.8 Å². The van der Waals surface area contributed by atoms with Gasteiger partial charge in [0, 0.05) is 48.4 Å². The van der Waals surface area contributed by atoms with Crippen molar-refractivity contribution in [3.05, 3.63) is 59.7 Å². The second-order valence-corrected chi connectivity index (χ2v) is 10.4. The number of carbonyl (C=O) groups excluding carboxylic acids is 1. The molecule has 0 bridgehead atoms. The number of anilines is 1. The van der Waals surface area contributed by atoms with Crippen LogP contribution in [0.4, 0.5) is 5.69 Å². The molecule has 0 radical (unpaired) electrons. The van der Waals surface area contributed by atoms with Crippen molar-refractivity contribution in [3.8, 4) is 0 Å². The minimum Gasteiger partial charge on any atom is -0.322 e. The molecule has 1 heterocycles. The van der Waals surface area contributed by atoms with E-state index in [1.165, 1.54) is 24.3 Å². The van der Waals surface area contributed by atoms with Crippen LogP contribution in [-0.4, -0.2) is 49.9 Å². The highest BCUT2D eigenvalue weighted by Gasteiger charge is 2.17. The van der Waals surface area contributed by atoms with Crippen LogP contribution in [0.3, 0.4) is 0 Å². The molecule has 6 nitrogen and oxygen atoms in total. The molecule has 2 aromatic rings. The van der Waals surface area contributed by atoms with Crippen molar-refractivity contribution in [2.24, 2.45) is 0 Å². The van der Waals surface area contributed by atoms with Gasteiger partial charge in [-0.05, 0) is 55.3 Å². The fourth-order valence-electron chi connectivity index (χ4n) is 3.17. The molecule has 0 saturated carbocycles. The van der Waals surface area contributed by atoms with Crippen molar-refractivity contribution in [2.75, 3.05) is 29.9 Å². The summed E-state index contributed by atoms with van der Waals surface area (Å²) in [6.45, 7) is 6.78. The van der Waals surface area contributed by atoms with E-state index in [9.17, 15) is 13.2 Å². The van der Waals surface area contributed by atoms with E-state index in [2.05, 4.69) is 21.0 Å². The average Bonchev–Trinajstić information content (AvgIpc) is 2.74. The fourth-order valence-corrected chi connectivity index (χ4v) is 5.48. The smallest absolute Gasteiger partial charge is 0.255 e. The first-order chi connectivity index (χ1) is 14.4. The maximum absolute atomic E-state index is 12.6. The van der Waals surface area contributed by atoms with Gasteiger partial charge in [-0.2, -0.15) is 11.8 Å². The predicted molar refractivity (Wildman–Crippen MR) is 124 cm³/mol. The van der Waals surface area contributed by atoms with Gasteiger partial charge in [0.15, 0.2) is 0 Å². The SMILES string of the molecule is CCC(C)NS(=O)(=O)c1ccc(C(=O)Nc2cccc(CN3CCSCC3)c2)cc1. The Kier molecular flexibility index (Phi) is 7.93. The van der Waals surface area contributed by atoms with Crippen LogP contribution >= 0.6 is 11.8 Å². The first-order valence-electron chi connectivity index (χ1n) is 10.2. The van der Waals surface area contributed by atoms with Crippen LogP contribution in [-0.2, 0) is 16.6 Å². The molecule has 30 heavy (non-hydrogen) atoms. The normalized spacial score (nSPS) is 16.2. The van der Waals surface area contributed by atoms with E-state index in [0.717, 1.165) is 42.4 Å². The standard InChI is InChI=1S/C22H29N3O3S2/c1-3-17(2)24-30(27,28)21-9-7-19(8-10-21)22(26)23-20-6-4-5-18(15-20)16-25-11-13-29-14-12-25/h4-10,15,17,24H,3,11-14,16H2,1-2H3,(H,23,26). The zero-order valence-corrected chi connectivity index (χ0v) is 19.1. The van der Waals surface area contributed by atoms with Gasteiger partial charge < -0.3 is 5.32 Å². The third kappa shape index (κ3) is 6.31. The number of amides is 1. The minimum absolute atomic E-state index is 0.144. The van der Waals surface area contributed by atoms with Gasteiger partial charge in [-0.1, -0.05) is 19.1 Å². The Hall–Kier alpha value is -1.87. The number of sulfonamides is 1. The van der Waals surface area contributed by atoms with Gasteiger partial charge in [-0.15, -0.1) is 0 Å². The molecule has 1 fully saturated rings. The van der Waals surface area contributed by atoms with Gasteiger partial charge >= 0.3 is 0 Å². The molecular formula is C22H29N3O3S2. The van der Waals surface area contributed by atoms with Crippen molar-refractivity contribution in [1.82, 2.24) is 9.62 Å². The van der Waals surface area contributed by atoms with E-state index >= 15 is 0 Å². The molecule has 1 aliphatic heterocycles. The van der Waals surface area contributed by atoms with E-state index in [0.29, 0.717) is 12.0 Å². The van der Waals surface area contributed by atoms with Crippen LogP contribution in [0, 0.1) is 0 Å². The van der Waals surface area contributed by atoms with Crippen molar-refractivity contribution >= 4 is 33.4 Å². The molecule has 1 amide bonds. The summed E-state index contributed by atoms with van der Waals surface area (Å²) in [6, 6.07) is 13.7. The van der Waals surface area contributed by atoms with Gasteiger partial charge in [-0.3, -0.25) is 9.69 Å². The third-order valence-electron chi connectivity index (χ3n) is 5.09. The van der Waals surface area contributed by atoms with Gasteiger partial charge in [0.25, 0.3) is 5.91 Å². The third-order valence-corrected chi connectivity index (χ3v) is 7.64. The van der Waals surface area contributed by atoms with Crippen LogP contribution in [0.25, 0.3) is 0 Å². The molecule has 3 rings (SSSR count). The van der Waals surface area contributed by atoms with Crippen LogP contribution in [0.1, 0.15) is 36.2 Å². The molecule has 2 N–H and O–H groups in total. The lowest BCUT2D eigenvalue weighted by Crippen LogP contribution is -2.32. The van der Waals surface area contributed by atoms with E-state index in [-0.39, 0.29) is 16.8 Å². The molecule has 1 unspecified atom stereocenters. The molecule has 0 aromatic heterocycles. The monoisotopic (exact) mass is 447 g/mol. The number of rotatable bonds is 8. The highest BCUT2D eigenvalue weighted by atomic mass is 32.2. The van der Waals surface area contributed by atoms with E-state index in [4.69, 9.17) is 0 Å². The second kappa shape index (κ2) is 10.4. The maximum atomic E-state index is 12.6. The number of thioether (sulfide) groups is 1. The summed E-state index contributed by atoms with van der Waals surface area (Å²) in [5.41, 5.74) is 2.31. The predicted octanol–water partition coefficient (Wildman–Crippen LogP) is 3.56. The first-order valence-corrected chi connectivity index (χ1v) is 12.8. The highest BCUT2D eigenvalue weighted by molar-refractivity contribution is 7.99. The zero-order valence-electron chi connectivity index (χ0n) is 17.4. The van der Waals surface area contributed by atoms with Gasteiger partial charge in [0.05, 0.1) is 4.90 Å². The number of carbonyl (C=O) groups is 1. The zero-order chi connectivity index (χ0) is 21.6. The molecule has 8 heteroatoms. The second-order valence-electron chi connectivity index (χ2n) is 7.50. The molecule has 0 aliphatic carbocycles. The number of benzene rings is 2. The van der Waals surface area contributed by atoms with E-state index < -0.39 is 10.0 Å². The molecule has 1 aliphatic rings. The fraction of sp³-hybridized carbons (Fsp3) is 0.409. The van der Waals surface area contributed by atoms with Crippen LogP contribution < -0.4 is 10.0 Å². The largest absolute Gasteiger partial charge is 0.322 e. The molecule has 2 aromatic carbocycles. The lowest BCUT2D eigenvalue weighted by atomic mass is 10.1. The summed E-state index contributed by atoms with van der Waals surface area (Å²) < 4.78 is 27.3. The number of nitrogens with zero attached hydrogens (tertiary/aromatic N) is 1. The summed E-state index contributed by atoms with van der Waals surface area (Å²) in [5, 5.41) is 2.91. The molecule has 1 atom stereocenters. The van der Waals surface area contributed by atoms with Crippen molar-refractivity contribution in [2.45, 2.75) is 37.8 Å².